The van der Waals surface area contributed by atoms with Gasteiger partial charge in [-0.05, 0) is 48.0 Å². The van der Waals surface area contributed by atoms with E-state index in [9.17, 15) is 14.9 Å². The van der Waals surface area contributed by atoms with E-state index in [0.717, 1.165) is 10.5 Å². The summed E-state index contributed by atoms with van der Waals surface area (Å²) in [6.07, 6.45) is 0. The minimum Gasteiger partial charge on any atom is -0.457 e. The van der Waals surface area contributed by atoms with Crippen LogP contribution in [-0.4, -0.2) is 11.8 Å². The van der Waals surface area contributed by atoms with Crippen molar-refractivity contribution in [2.75, 3.05) is 4.90 Å². The van der Waals surface area contributed by atoms with Gasteiger partial charge in [-0.1, -0.05) is 48.5 Å². The average Bonchev–Trinajstić information content (AvgIpc) is 3.13. The second-order valence-electron chi connectivity index (χ2n) is 7.57. The van der Waals surface area contributed by atoms with Gasteiger partial charge in [-0.15, -0.1) is 0 Å². The minimum absolute atomic E-state index is 0.188. The molecule has 34 heavy (non-hydrogen) atoms. The van der Waals surface area contributed by atoms with E-state index < -0.39 is 11.8 Å². The summed E-state index contributed by atoms with van der Waals surface area (Å²) in [5, 5.41) is 19.0. The van der Waals surface area contributed by atoms with Crippen LogP contribution in [0.4, 0.5) is 5.69 Å². The molecule has 1 aliphatic heterocycles. The molecule has 6 nitrogen and oxygen atoms in total. The van der Waals surface area contributed by atoms with Crippen LogP contribution >= 0.6 is 0 Å². The molecule has 0 N–H and O–H groups in total. The Labute approximate surface area is 195 Å². The summed E-state index contributed by atoms with van der Waals surface area (Å²) >= 11 is 0. The number of hydrogen-bond acceptors (Lipinski definition) is 5. The monoisotopic (exact) mass is 441 g/mol. The van der Waals surface area contributed by atoms with Gasteiger partial charge in [0.15, 0.2) is 0 Å². The van der Waals surface area contributed by atoms with Gasteiger partial charge in [0.1, 0.15) is 17.6 Å². The molecule has 5 rings (SSSR count). The first kappa shape index (κ1) is 20.7. The van der Waals surface area contributed by atoms with E-state index in [0.29, 0.717) is 22.6 Å². The molecule has 4 aromatic rings. The van der Waals surface area contributed by atoms with Crippen LogP contribution in [0, 0.1) is 22.7 Å². The van der Waals surface area contributed by atoms with E-state index >= 15 is 0 Å². The number of carbonyl (C=O) groups excluding carboxylic acids is 2. The first-order valence-corrected chi connectivity index (χ1v) is 10.4. The lowest BCUT2D eigenvalue weighted by Gasteiger charge is -2.17. The SMILES string of the molecule is N#Cc1cccc(Oc2ccc3c(c2)C(=O)N(c2cccc(-c4ccccc4)c2C#N)C3=O)c1. The third-order valence-electron chi connectivity index (χ3n) is 5.54. The summed E-state index contributed by atoms with van der Waals surface area (Å²) in [6.45, 7) is 0. The highest BCUT2D eigenvalue weighted by Gasteiger charge is 2.38. The Morgan fingerprint density at radius 1 is 0.647 bits per heavy atom. The Hall–Kier alpha value is -5.20. The third kappa shape index (κ3) is 3.46. The Kier molecular flexibility index (Phi) is 5.10. The maximum absolute atomic E-state index is 13.3. The van der Waals surface area contributed by atoms with E-state index in [1.54, 1.807) is 48.5 Å². The number of nitrogens with zero attached hydrogens (tertiary/aromatic N) is 3. The molecule has 4 aromatic carbocycles. The number of ether oxygens (including phenoxy) is 1. The molecule has 0 fully saturated rings. The fourth-order valence-corrected chi connectivity index (χ4v) is 3.97. The van der Waals surface area contributed by atoms with Gasteiger partial charge in [0, 0.05) is 5.56 Å². The molecule has 0 atom stereocenters. The van der Waals surface area contributed by atoms with Crippen molar-refractivity contribution in [3.63, 3.8) is 0 Å². The first-order valence-electron chi connectivity index (χ1n) is 10.4. The quantitative estimate of drug-likeness (QED) is 0.379. The Morgan fingerprint density at radius 3 is 2.15 bits per heavy atom. The molecule has 0 bridgehead atoms. The van der Waals surface area contributed by atoms with Crippen molar-refractivity contribution >= 4 is 17.5 Å². The minimum atomic E-state index is -0.530. The first-order chi connectivity index (χ1) is 16.6. The number of carbonyl (C=O) groups is 2. The predicted molar refractivity (Wildman–Crippen MR) is 125 cm³/mol. The molecule has 0 radical (unpaired) electrons. The Bertz CT molecular complexity index is 1550. The maximum atomic E-state index is 13.3. The lowest BCUT2D eigenvalue weighted by molar-refractivity contribution is 0.0926. The van der Waals surface area contributed by atoms with Crippen molar-refractivity contribution in [1.29, 1.82) is 10.5 Å². The average molecular weight is 441 g/mol. The number of rotatable bonds is 4. The molecule has 0 aromatic heterocycles. The summed E-state index contributed by atoms with van der Waals surface area (Å²) in [5.41, 5.74) is 2.79. The second-order valence-corrected chi connectivity index (χ2v) is 7.57. The summed E-state index contributed by atoms with van der Waals surface area (Å²) in [4.78, 5) is 27.6. The van der Waals surface area contributed by atoms with E-state index in [1.807, 2.05) is 36.4 Å². The summed E-state index contributed by atoms with van der Waals surface area (Å²) in [6, 6.07) is 29.9. The van der Waals surface area contributed by atoms with E-state index in [2.05, 4.69) is 6.07 Å². The molecule has 1 aliphatic rings. The summed E-state index contributed by atoms with van der Waals surface area (Å²) < 4.78 is 5.81. The van der Waals surface area contributed by atoms with Crippen LogP contribution in [0.5, 0.6) is 11.5 Å². The molecular formula is C28H15N3O3. The molecule has 0 saturated heterocycles. The van der Waals surface area contributed by atoms with Crippen molar-refractivity contribution < 1.29 is 14.3 Å². The van der Waals surface area contributed by atoms with Crippen LogP contribution in [0.25, 0.3) is 11.1 Å². The highest BCUT2D eigenvalue weighted by molar-refractivity contribution is 6.35. The summed E-state index contributed by atoms with van der Waals surface area (Å²) in [5.74, 6) is -0.233. The molecule has 0 spiro atoms. The third-order valence-corrected chi connectivity index (χ3v) is 5.54. The molecule has 1 heterocycles. The lowest BCUT2D eigenvalue weighted by atomic mass is 9.98. The lowest BCUT2D eigenvalue weighted by Crippen LogP contribution is -2.30. The van der Waals surface area contributed by atoms with Gasteiger partial charge in [-0.25, -0.2) is 4.90 Å². The van der Waals surface area contributed by atoms with E-state index in [1.165, 1.54) is 12.1 Å². The van der Waals surface area contributed by atoms with Crippen LogP contribution in [-0.2, 0) is 0 Å². The van der Waals surface area contributed by atoms with Crippen molar-refractivity contribution in [3.05, 3.63) is 113 Å². The van der Waals surface area contributed by atoms with Crippen LogP contribution in [0.3, 0.4) is 0 Å². The number of nitriles is 2. The molecule has 160 valence electrons. The molecular weight excluding hydrogens is 426 g/mol. The number of anilines is 1. The Balaban J connectivity index is 1.53. The summed E-state index contributed by atoms with van der Waals surface area (Å²) in [7, 11) is 0. The topological polar surface area (TPSA) is 94.2 Å². The zero-order valence-electron chi connectivity index (χ0n) is 17.7. The molecule has 0 unspecified atom stereocenters. The van der Waals surface area contributed by atoms with Crippen molar-refractivity contribution in [2.24, 2.45) is 0 Å². The van der Waals surface area contributed by atoms with Crippen LogP contribution in [0.1, 0.15) is 31.8 Å². The molecule has 0 saturated carbocycles. The van der Waals surface area contributed by atoms with Gasteiger partial charge >= 0.3 is 0 Å². The largest absolute Gasteiger partial charge is 0.457 e. The van der Waals surface area contributed by atoms with Gasteiger partial charge in [-0.3, -0.25) is 9.59 Å². The smallest absolute Gasteiger partial charge is 0.266 e. The van der Waals surface area contributed by atoms with E-state index in [-0.39, 0.29) is 22.4 Å². The number of imide groups is 1. The van der Waals surface area contributed by atoms with Gasteiger partial charge in [0.25, 0.3) is 11.8 Å². The van der Waals surface area contributed by atoms with Crippen LogP contribution in [0.2, 0.25) is 0 Å². The molecule has 6 heteroatoms. The second kappa shape index (κ2) is 8.38. The number of benzene rings is 4. The zero-order chi connectivity index (χ0) is 23.7. The van der Waals surface area contributed by atoms with Gasteiger partial charge in [0.05, 0.1) is 34.0 Å². The van der Waals surface area contributed by atoms with Gasteiger partial charge < -0.3 is 4.74 Å². The molecule has 2 amide bonds. The van der Waals surface area contributed by atoms with Gasteiger partial charge in [-0.2, -0.15) is 10.5 Å². The van der Waals surface area contributed by atoms with Crippen molar-refractivity contribution in [2.45, 2.75) is 0 Å². The zero-order valence-corrected chi connectivity index (χ0v) is 17.7. The van der Waals surface area contributed by atoms with E-state index in [4.69, 9.17) is 10.00 Å². The van der Waals surface area contributed by atoms with Crippen molar-refractivity contribution in [1.82, 2.24) is 0 Å². The maximum Gasteiger partial charge on any atom is 0.266 e. The fourth-order valence-electron chi connectivity index (χ4n) is 3.97. The van der Waals surface area contributed by atoms with Crippen LogP contribution < -0.4 is 9.64 Å². The number of amides is 2. The standard InChI is InChI=1S/C28H15N3O3/c29-16-18-6-4-9-20(14-18)34-21-12-13-23-24(15-21)28(33)31(27(23)32)26-11-5-10-22(25(26)17-30)19-7-2-1-3-8-19/h1-15H. The normalized spacial score (nSPS) is 12.1. The highest BCUT2D eigenvalue weighted by Crippen LogP contribution is 2.37. The fraction of sp³-hybridized carbons (Fsp3) is 0. The Morgan fingerprint density at radius 2 is 1.38 bits per heavy atom. The molecule has 0 aliphatic carbocycles. The van der Waals surface area contributed by atoms with Gasteiger partial charge in [0.2, 0.25) is 0 Å². The highest BCUT2D eigenvalue weighted by atomic mass is 16.5. The van der Waals surface area contributed by atoms with Crippen LogP contribution in [0.15, 0.2) is 91.0 Å². The van der Waals surface area contributed by atoms with Crippen molar-refractivity contribution in [3.8, 4) is 34.8 Å². The predicted octanol–water partition coefficient (Wildman–Crippen LogP) is 5.69. The number of fused-ring (bicyclic) bond motifs is 1. The number of hydrogen-bond donors (Lipinski definition) is 0.